The quantitative estimate of drug-likeness (QED) is 0.592. The number of benzene rings is 1. The maximum Gasteiger partial charge on any atom is 0.110 e. The predicted molar refractivity (Wildman–Crippen MR) is 56.8 cm³/mol. The van der Waals surface area contributed by atoms with Crippen molar-refractivity contribution in [3.63, 3.8) is 0 Å². The van der Waals surface area contributed by atoms with E-state index in [0.717, 1.165) is 22.8 Å². The van der Waals surface area contributed by atoms with Crippen molar-refractivity contribution in [3.05, 3.63) is 58.9 Å². The van der Waals surface area contributed by atoms with Gasteiger partial charge >= 0.3 is 0 Å². The number of hydrogen-bond donors (Lipinski definition) is 0. The third-order valence-electron chi connectivity index (χ3n) is 3.47. The van der Waals surface area contributed by atoms with Crippen LogP contribution in [0.1, 0.15) is 6.42 Å². The summed E-state index contributed by atoms with van der Waals surface area (Å²) >= 11 is 0. The number of nitrogens with zero attached hydrogens (tertiary/aromatic N) is 2. The zero-order chi connectivity index (χ0) is 9.88. The van der Waals surface area contributed by atoms with E-state index in [1.165, 1.54) is 0 Å². The molecule has 72 valence electrons. The zero-order valence-electron chi connectivity index (χ0n) is 8.22. The lowest BCUT2D eigenvalue weighted by atomic mass is 10.0. The van der Waals surface area contributed by atoms with Crippen molar-refractivity contribution in [1.29, 1.82) is 0 Å². The molecule has 0 aromatic heterocycles. The Morgan fingerprint density at radius 3 is 3.00 bits per heavy atom. The van der Waals surface area contributed by atoms with E-state index in [1.807, 2.05) is 18.2 Å². The van der Waals surface area contributed by atoms with E-state index in [2.05, 4.69) is 24.3 Å². The molecule has 2 atom stereocenters. The lowest BCUT2D eigenvalue weighted by Crippen LogP contribution is -2.34. The van der Waals surface area contributed by atoms with Gasteiger partial charge in [-0.3, -0.25) is 4.99 Å². The Balaban J connectivity index is 2.10. The van der Waals surface area contributed by atoms with E-state index in [9.17, 15) is 0 Å². The normalized spacial score (nSPS) is 33.9. The van der Waals surface area contributed by atoms with Crippen LogP contribution in [0.15, 0.2) is 58.2 Å². The maximum absolute atomic E-state index is 4.86. The number of fused-ring (bicyclic) bond motifs is 1. The summed E-state index contributed by atoms with van der Waals surface area (Å²) in [5.41, 5.74) is 1.16. The van der Waals surface area contributed by atoms with Crippen LogP contribution in [0.4, 0.5) is 0 Å². The van der Waals surface area contributed by atoms with Crippen molar-refractivity contribution < 1.29 is 0 Å². The molecule has 2 unspecified atom stereocenters. The molecular formula is C13H10N2. The van der Waals surface area contributed by atoms with Crippen molar-refractivity contribution in [2.75, 3.05) is 0 Å². The summed E-state index contributed by atoms with van der Waals surface area (Å²) in [4.78, 5) is 9.56. The van der Waals surface area contributed by atoms with Crippen LogP contribution in [0.3, 0.4) is 0 Å². The SMILES string of the molecule is C1=CC2CC23N=c2ccccc2=NC3=C1. The molecule has 1 aromatic rings. The van der Waals surface area contributed by atoms with Gasteiger partial charge in [0.25, 0.3) is 0 Å². The lowest BCUT2D eigenvalue weighted by molar-refractivity contribution is 0.680. The van der Waals surface area contributed by atoms with E-state index in [1.54, 1.807) is 0 Å². The third kappa shape index (κ3) is 0.845. The van der Waals surface area contributed by atoms with Crippen LogP contribution in [0.5, 0.6) is 0 Å². The summed E-state index contributed by atoms with van der Waals surface area (Å²) in [5.74, 6) is 0.592. The van der Waals surface area contributed by atoms with Crippen LogP contribution >= 0.6 is 0 Å². The molecule has 1 heterocycles. The molecule has 1 fully saturated rings. The van der Waals surface area contributed by atoms with Crippen molar-refractivity contribution in [2.45, 2.75) is 12.0 Å². The van der Waals surface area contributed by atoms with Crippen LogP contribution < -0.4 is 10.7 Å². The van der Waals surface area contributed by atoms with Gasteiger partial charge in [0.05, 0.1) is 16.4 Å². The van der Waals surface area contributed by atoms with Gasteiger partial charge in [0.15, 0.2) is 0 Å². The van der Waals surface area contributed by atoms with E-state index in [4.69, 9.17) is 9.98 Å². The molecule has 2 heteroatoms. The van der Waals surface area contributed by atoms with Crippen molar-refractivity contribution in [1.82, 2.24) is 0 Å². The summed E-state index contributed by atoms with van der Waals surface area (Å²) in [6.07, 6.45) is 7.59. The zero-order valence-corrected chi connectivity index (χ0v) is 8.22. The van der Waals surface area contributed by atoms with Gasteiger partial charge in [-0.25, -0.2) is 4.99 Å². The number of hydrogen-bond acceptors (Lipinski definition) is 2. The number of para-hydroxylation sites is 2. The Bertz CT molecular complexity index is 624. The van der Waals surface area contributed by atoms with Gasteiger partial charge in [-0.15, -0.1) is 0 Å². The smallest absolute Gasteiger partial charge is 0.110 e. The molecule has 1 aliphatic heterocycles. The fourth-order valence-corrected chi connectivity index (χ4v) is 2.54. The standard InChI is InChI=1S/C13H10N2/c1-2-6-11-10(5-1)14-12-7-3-4-9-8-13(9,12)15-11/h1-7,9H,8H2. The summed E-state index contributed by atoms with van der Waals surface area (Å²) in [6, 6.07) is 8.12. The molecule has 15 heavy (non-hydrogen) atoms. The lowest BCUT2D eigenvalue weighted by Gasteiger charge is -2.17. The molecule has 2 nitrogen and oxygen atoms in total. The van der Waals surface area contributed by atoms with Crippen molar-refractivity contribution >= 4 is 0 Å². The Kier molecular flexibility index (Phi) is 1.15. The van der Waals surface area contributed by atoms with Gasteiger partial charge in [-0.2, -0.15) is 0 Å². The number of rotatable bonds is 0. The minimum Gasteiger partial charge on any atom is -0.269 e. The minimum absolute atomic E-state index is 0.0170. The minimum atomic E-state index is 0.0170. The van der Waals surface area contributed by atoms with Crippen LogP contribution in [0.2, 0.25) is 0 Å². The molecule has 0 bridgehead atoms. The highest BCUT2D eigenvalue weighted by atomic mass is 15.0. The summed E-state index contributed by atoms with van der Waals surface area (Å²) in [6.45, 7) is 0. The highest BCUT2D eigenvalue weighted by Gasteiger charge is 2.57. The van der Waals surface area contributed by atoms with Crippen LogP contribution in [-0.2, 0) is 0 Å². The Hall–Kier alpha value is -1.70. The Morgan fingerprint density at radius 1 is 1.20 bits per heavy atom. The molecule has 1 spiro atoms. The highest BCUT2D eigenvalue weighted by Crippen LogP contribution is 2.55. The average Bonchev–Trinajstić information content (AvgIpc) is 2.97. The average molecular weight is 194 g/mol. The van der Waals surface area contributed by atoms with Gasteiger partial charge in [-0.05, 0) is 24.6 Å². The van der Waals surface area contributed by atoms with Gasteiger partial charge in [-0.1, -0.05) is 24.3 Å². The van der Waals surface area contributed by atoms with Crippen molar-refractivity contribution in [2.24, 2.45) is 15.9 Å². The molecule has 0 N–H and O–H groups in total. The largest absolute Gasteiger partial charge is 0.269 e. The first-order chi connectivity index (χ1) is 7.38. The molecular weight excluding hydrogens is 184 g/mol. The molecule has 1 saturated carbocycles. The Labute approximate surface area is 87.4 Å². The fourth-order valence-electron chi connectivity index (χ4n) is 2.54. The summed E-state index contributed by atoms with van der Waals surface area (Å²) < 4.78 is 0. The number of allylic oxidation sites excluding steroid dienone is 2. The summed E-state index contributed by atoms with van der Waals surface area (Å²) in [7, 11) is 0. The molecule has 0 saturated heterocycles. The van der Waals surface area contributed by atoms with E-state index >= 15 is 0 Å². The van der Waals surface area contributed by atoms with E-state index in [0.29, 0.717) is 5.92 Å². The summed E-state index contributed by atoms with van der Waals surface area (Å²) in [5, 5.41) is 2.06. The second-order valence-corrected chi connectivity index (χ2v) is 4.38. The van der Waals surface area contributed by atoms with E-state index in [-0.39, 0.29) is 5.54 Å². The van der Waals surface area contributed by atoms with Crippen LogP contribution in [0.25, 0.3) is 0 Å². The van der Waals surface area contributed by atoms with Crippen molar-refractivity contribution in [3.8, 4) is 0 Å². The second kappa shape index (κ2) is 2.27. The highest BCUT2D eigenvalue weighted by molar-refractivity contribution is 5.43. The maximum atomic E-state index is 4.86. The molecule has 1 aromatic carbocycles. The van der Waals surface area contributed by atoms with E-state index < -0.39 is 0 Å². The molecule has 0 amide bonds. The first-order valence-electron chi connectivity index (χ1n) is 5.31. The van der Waals surface area contributed by atoms with Gasteiger partial charge in [0.1, 0.15) is 5.54 Å². The predicted octanol–water partition coefficient (Wildman–Crippen LogP) is 1.15. The third-order valence-corrected chi connectivity index (χ3v) is 3.47. The van der Waals surface area contributed by atoms with Gasteiger partial charge in [0, 0.05) is 5.92 Å². The molecule has 3 aliphatic rings. The Morgan fingerprint density at radius 2 is 2.07 bits per heavy atom. The van der Waals surface area contributed by atoms with Crippen LogP contribution in [0, 0.1) is 5.92 Å². The monoisotopic (exact) mass is 194 g/mol. The first-order valence-corrected chi connectivity index (χ1v) is 5.31. The fraction of sp³-hybridized carbons (Fsp3) is 0.231. The topological polar surface area (TPSA) is 24.7 Å². The molecule has 0 radical (unpaired) electrons. The molecule has 4 rings (SSSR count). The second-order valence-electron chi connectivity index (χ2n) is 4.38. The van der Waals surface area contributed by atoms with Gasteiger partial charge in [0.2, 0.25) is 0 Å². The van der Waals surface area contributed by atoms with Gasteiger partial charge < -0.3 is 0 Å². The first kappa shape index (κ1) is 7.57. The molecule has 2 aliphatic carbocycles. The van der Waals surface area contributed by atoms with Crippen LogP contribution in [-0.4, -0.2) is 5.54 Å².